The van der Waals surface area contributed by atoms with Crippen molar-refractivity contribution in [1.29, 1.82) is 0 Å². The highest BCUT2D eigenvalue weighted by Crippen LogP contribution is 2.16. The zero-order valence-corrected chi connectivity index (χ0v) is 12.6. The van der Waals surface area contributed by atoms with Crippen LogP contribution in [0.2, 0.25) is 0 Å². The van der Waals surface area contributed by atoms with Crippen LogP contribution in [0.3, 0.4) is 0 Å². The van der Waals surface area contributed by atoms with Crippen molar-refractivity contribution in [2.75, 3.05) is 19.7 Å². The van der Waals surface area contributed by atoms with E-state index in [1.807, 2.05) is 0 Å². The second kappa shape index (κ2) is 6.74. The van der Waals surface area contributed by atoms with Gasteiger partial charge in [-0.2, -0.15) is 0 Å². The number of pyridine rings is 1. The standard InChI is InChI=1S/C15H18N4O4/c20-14(21)5-6-18(9-12-2-1-7-23-12)15(22)11-3-4-13-17-16-10-19(13)8-11/h3-4,8,10,12H,1-2,5-7,9H2,(H,20,21). The van der Waals surface area contributed by atoms with E-state index in [1.54, 1.807) is 27.6 Å². The molecule has 1 aliphatic heterocycles. The van der Waals surface area contributed by atoms with E-state index in [0.29, 0.717) is 24.4 Å². The van der Waals surface area contributed by atoms with Gasteiger partial charge < -0.3 is 14.7 Å². The van der Waals surface area contributed by atoms with Crippen LogP contribution in [-0.4, -0.2) is 62.3 Å². The van der Waals surface area contributed by atoms with Crippen LogP contribution in [0.25, 0.3) is 5.65 Å². The summed E-state index contributed by atoms with van der Waals surface area (Å²) in [6.07, 6.45) is 4.92. The Morgan fingerprint density at radius 3 is 3.04 bits per heavy atom. The number of carboxylic acid groups (broad SMARTS) is 1. The highest BCUT2D eigenvalue weighted by Gasteiger charge is 2.24. The number of carboxylic acids is 1. The van der Waals surface area contributed by atoms with Gasteiger partial charge in [0.15, 0.2) is 5.65 Å². The summed E-state index contributed by atoms with van der Waals surface area (Å²) in [6, 6.07) is 3.39. The van der Waals surface area contributed by atoms with Crippen molar-refractivity contribution in [3.63, 3.8) is 0 Å². The number of hydrogen-bond donors (Lipinski definition) is 1. The average molecular weight is 318 g/mol. The molecular formula is C15H18N4O4. The van der Waals surface area contributed by atoms with E-state index in [2.05, 4.69) is 10.2 Å². The summed E-state index contributed by atoms with van der Waals surface area (Å²) in [5.74, 6) is -1.14. The maximum atomic E-state index is 12.7. The number of carbonyl (C=O) groups is 2. The van der Waals surface area contributed by atoms with Crippen molar-refractivity contribution >= 4 is 17.5 Å². The summed E-state index contributed by atoms with van der Waals surface area (Å²) < 4.78 is 7.23. The summed E-state index contributed by atoms with van der Waals surface area (Å²) in [5.41, 5.74) is 1.12. The molecule has 1 aliphatic rings. The molecule has 23 heavy (non-hydrogen) atoms. The number of aromatic nitrogens is 3. The molecule has 1 N–H and O–H groups in total. The van der Waals surface area contributed by atoms with Gasteiger partial charge in [-0.3, -0.25) is 14.0 Å². The summed E-state index contributed by atoms with van der Waals surface area (Å²) >= 11 is 0. The number of aliphatic carboxylic acids is 1. The summed E-state index contributed by atoms with van der Waals surface area (Å²) in [6.45, 7) is 1.26. The zero-order chi connectivity index (χ0) is 16.2. The molecule has 2 aromatic rings. The Morgan fingerprint density at radius 1 is 1.43 bits per heavy atom. The number of nitrogens with zero attached hydrogens (tertiary/aromatic N) is 4. The third-order valence-electron chi connectivity index (χ3n) is 3.87. The van der Waals surface area contributed by atoms with E-state index in [1.165, 1.54) is 6.33 Å². The smallest absolute Gasteiger partial charge is 0.305 e. The van der Waals surface area contributed by atoms with Gasteiger partial charge in [-0.05, 0) is 25.0 Å². The lowest BCUT2D eigenvalue weighted by Gasteiger charge is -2.25. The van der Waals surface area contributed by atoms with Crippen LogP contribution in [0, 0.1) is 0 Å². The van der Waals surface area contributed by atoms with Gasteiger partial charge in [0.05, 0.1) is 18.1 Å². The van der Waals surface area contributed by atoms with Crippen LogP contribution in [-0.2, 0) is 9.53 Å². The highest BCUT2D eigenvalue weighted by atomic mass is 16.5. The highest BCUT2D eigenvalue weighted by molar-refractivity contribution is 5.94. The Labute approximate surface area is 132 Å². The largest absolute Gasteiger partial charge is 0.481 e. The molecule has 3 rings (SSSR count). The SMILES string of the molecule is O=C(O)CCN(CC1CCCO1)C(=O)c1ccc2nncn2c1. The second-order valence-corrected chi connectivity index (χ2v) is 5.54. The number of amides is 1. The van der Waals surface area contributed by atoms with E-state index in [0.717, 1.165) is 12.8 Å². The van der Waals surface area contributed by atoms with E-state index in [-0.39, 0.29) is 25.0 Å². The minimum Gasteiger partial charge on any atom is -0.481 e. The molecule has 0 aromatic carbocycles. The predicted octanol–water partition coefficient (Wildman–Crippen LogP) is 0.825. The first-order valence-electron chi connectivity index (χ1n) is 7.55. The molecule has 3 heterocycles. The van der Waals surface area contributed by atoms with Gasteiger partial charge in [-0.25, -0.2) is 0 Å². The fourth-order valence-corrected chi connectivity index (χ4v) is 2.68. The topological polar surface area (TPSA) is 97.0 Å². The number of ether oxygens (including phenoxy) is 1. The minimum atomic E-state index is -0.926. The second-order valence-electron chi connectivity index (χ2n) is 5.54. The molecule has 0 spiro atoms. The molecule has 0 saturated carbocycles. The average Bonchev–Trinajstić information content (AvgIpc) is 3.20. The molecule has 1 atom stereocenters. The molecule has 1 unspecified atom stereocenters. The molecule has 1 saturated heterocycles. The van der Waals surface area contributed by atoms with Gasteiger partial charge in [-0.15, -0.1) is 10.2 Å². The maximum Gasteiger partial charge on any atom is 0.305 e. The summed E-state index contributed by atoms with van der Waals surface area (Å²) in [4.78, 5) is 25.1. The van der Waals surface area contributed by atoms with Crippen molar-refractivity contribution in [1.82, 2.24) is 19.5 Å². The summed E-state index contributed by atoms with van der Waals surface area (Å²) in [7, 11) is 0. The molecule has 1 amide bonds. The Morgan fingerprint density at radius 2 is 2.30 bits per heavy atom. The van der Waals surface area contributed by atoms with Crippen LogP contribution in [0.1, 0.15) is 29.6 Å². The molecule has 122 valence electrons. The fraction of sp³-hybridized carbons (Fsp3) is 0.467. The van der Waals surface area contributed by atoms with Crippen LogP contribution >= 0.6 is 0 Å². The van der Waals surface area contributed by atoms with E-state index < -0.39 is 5.97 Å². The van der Waals surface area contributed by atoms with Crippen LogP contribution in [0.5, 0.6) is 0 Å². The Hall–Kier alpha value is -2.48. The molecule has 8 nitrogen and oxygen atoms in total. The van der Waals surface area contributed by atoms with Gasteiger partial charge in [0.2, 0.25) is 0 Å². The van der Waals surface area contributed by atoms with Gasteiger partial charge in [0.1, 0.15) is 6.33 Å². The number of fused-ring (bicyclic) bond motifs is 1. The van der Waals surface area contributed by atoms with Crippen molar-refractivity contribution in [2.45, 2.75) is 25.4 Å². The van der Waals surface area contributed by atoms with Gasteiger partial charge in [-0.1, -0.05) is 0 Å². The molecule has 0 radical (unpaired) electrons. The number of rotatable bonds is 6. The lowest BCUT2D eigenvalue weighted by Crippen LogP contribution is -2.38. The van der Waals surface area contributed by atoms with Crippen molar-refractivity contribution in [3.05, 3.63) is 30.2 Å². The maximum absolute atomic E-state index is 12.7. The van der Waals surface area contributed by atoms with Crippen LogP contribution in [0.15, 0.2) is 24.7 Å². The first-order chi connectivity index (χ1) is 11.1. The molecule has 2 aromatic heterocycles. The third kappa shape index (κ3) is 3.65. The van der Waals surface area contributed by atoms with Crippen molar-refractivity contribution in [2.24, 2.45) is 0 Å². The fourth-order valence-electron chi connectivity index (χ4n) is 2.68. The van der Waals surface area contributed by atoms with E-state index in [4.69, 9.17) is 9.84 Å². The molecule has 0 aliphatic carbocycles. The van der Waals surface area contributed by atoms with E-state index in [9.17, 15) is 9.59 Å². The predicted molar refractivity (Wildman–Crippen MR) is 80.1 cm³/mol. The first-order valence-corrected chi connectivity index (χ1v) is 7.55. The minimum absolute atomic E-state index is 0.0219. The lowest BCUT2D eigenvalue weighted by atomic mass is 10.2. The molecule has 1 fully saturated rings. The molecular weight excluding hydrogens is 300 g/mol. The third-order valence-corrected chi connectivity index (χ3v) is 3.87. The lowest BCUT2D eigenvalue weighted by molar-refractivity contribution is -0.137. The Bertz CT molecular complexity index is 708. The van der Waals surface area contributed by atoms with Gasteiger partial charge >= 0.3 is 5.97 Å². The van der Waals surface area contributed by atoms with Crippen molar-refractivity contribution < 1.29 is 19.4 Å². The number of carbonyl (C=O) groups excluding carboxylic acids is 1. The van der Waals surface area contributed by atoms with Crippen molar-refractivity contribution in [3.8, 4) is 0 Å². The van der Waals surface area contributed by atoms with Crippen LogP contribution in [0.4, 0.5) is 0 Å². The zero-order valence-electron chi connectivity index (χ0n) is 12.6. The van der Waals surface area contributed by atoms with E-state index >= 15 is 0 Å². The van der Waals surface area contributed by atoms with Gasteiger partial charge in [0, 0.05) is 25.9 Å². The first kappa shape index (κ1) is 15.4. The Kier molecular flexibility index (Phi) is 4.52. The molecule has 0 bridgehead atoms. The summed E-state index contributed by atoms with van der Waals surface area (Å²) in [5, 5.41) is 16.6. The van der Waals surface area contributed by atoms with Crippen LogP contribution < -0.4 is 0 Å². The Balaban J connectivity index is 1.77. The monoisotopic (exact) mass is 318 g/mol. The quantitative estimate of drug-likeness (QED) is 0.847. The number of hydrogen-bond acceptors (Lipinski definition) is 5. The van der Waals surface area contributed by atoms with Gasteiger partial charge in [0.25, 0.3) is 5.91 Å². The normalized spacial score (nSPS) is 17.5. The molecule has 8 heteroatoms.